The molecule has 0 aliphatic heterocycles. The standard InChI is InChI=1S/C28H33N3O4S/c1-35-26-15-9-8-14-25(26)27(32)29-21-28(23-12-6-3-7-13-23)18-16-24(17-19-28)31-36(33,34)30-20-22-10-4-2-5-11-22/h2-15,24,30-31H,16-21H2,1H3,(H,29,32)/t24-,28+. The number of methoxy groups -OCH3 is 1. The average Bonchev–Trinajstić information content (AvgIpc) is 2.92. The second kappa shape index (κ2) is 11.7. The first-order chi connectivity index (χ1) is 17.4. The van der Waals surface area contributed by atoms with Crippen molar-refractivity contribution in [2.45, 2.75) is 43.7 Å². The van der Waals surface area contributed by atoms with E-state index in [4.69, 9.17) is 4.74 Å². The van der Waals surface area contributed by atoms with E-state index in [1.54, 1.807) is 19.2 Å². The van der Waals surface area contributed by atoms with Crippen molar-refractivity contribution in [2.75, 3.05) is 13.7 Å². The summed E-state index contributed by atoms with van der Waals surface area (Å²) in [6, 6.07) is 26.6. The van der Waals surface area contributed by atoms with Crippen LogP contribution in [0.1, 0.15) is 47.2 Å². The van der Waals surface area contributed by atoms with Crippen LogP contribution < -0.4 is 19.5 Å². The van der Waals surface area contributed by atoms with Gasteiger partial charge < -0.3 is 10.1 Å². The quantitative estimate of drug-likeness (QED) is 0.387. The molecule has 8 heteroatoms. The first-order valence-corrected chi connectivity index (χ1v) is 13.7. The monoisotopic (exact) mass is 507 g/mol. The summed E-state index contributed by atoms with van der Waals surface area (Å²) in [6.07, 6.45) is 2.83. The van der Waals surface area contributed by atoms with Crippen LogP contribution in [0.4, 0.5) is 0 Å². The first-order valence-electron chi connectivity index (χ1n) is 12.2. The van der Waals surface area contributed by atoms with Gasteiger partial charge in [0.2, 0.25) is 0 Å². The van der Waals surface area contributed by atoms with Gasteiger partial charge in [0.15, 0.2) is 0 Å². The minimum atomic E-state index is -3.63. The van der Waals surface area contributed by atoms with Crippen molar-refractivity contribution in [2.24, 2.45) is 0 Å². The van der Waals surface area contributed by atoms with Crippen LogP contribution in [0, 0.1) is 0 Å². The van der Waals surface area contributed by atoms with Crippen LogP contribution in [0.2, 0.25) is 0 Å². The summed E-state index contributed by atoms with van der Waals surface area (Å²) in [5.41, 5.74) is 2.27. The first kappa shape index (κ1) is 25.9. The van der Waals surface area contributed by atoms with Gasteiger partial charge in [-0.25, -0.2) is 0 Å². The van der Waals surface area contributed by atoms with Crippen molar-refractivity contribution in [1.29, 1.82) is 0 Å². The van der Waals surface area contributed by atoms with Gasteiger partial charge in [-0.1, -0.05) is 72.8 Å². The van der Waals surface area contributed by atoms with E-state index in [1.165, 1.54) is 0 Å². The van der Waals surface area contributed by atoms with Crippen molar-refractivity contribution in [1.82, 2.24) is 14.8 Å². The molecule has 0 atom stereocenters. The third-order valence-electron chi connectivity index (χ3n) is 6.90. The Morgan fingerprint density at radius 2 is 1.53 bits per heavy atom. The molecule has 0 heterocycles. The number of ether oxygens (including phenoxy) is 1. The van der Waals surface area contributed by atoms with Crippen LogP contribution in [-0.4, -0.2) is 34.0 Å². The second-order valence-electron chi connectivity index (χ2n) is 9.23. The summed E-state index contributed by atoms with van der Waals surface area (Å²) < 4.78 is 36.1. The Balaban J connectivity index is 1.41. The predicted octanol–water partition coefficient (Wildman–Crippen LogP) is 3.93. The maximum Gasteiger partial charge on any atom is 0.277 e. The van der Waals surface area contributed by atoms with Crippen LogP contribution in [-0.2, 0) is 22.2 Å². The van der Waals surface area contributed by atoms with E-state index in [-0.39, 0.29) is 23.9 Å². The molecule has 1 aliphatic rings. The number of hydrogen-bond acceptors (Lipinski definition) is 4. The predicted molar refractivity (Wildman–Crippen MR) is 141 cm³/mol. The van der Waals surface area contributed by atoms with Crippen LogP contribution >= 0.6 is 0 Å². The molecule has 0 bridgehead atoms. The molecule has 3 N–H and O–H groups in total. The largest absolute Gasteiger partial charge is 0.496 e. The van der Waals surface area contributed by atoms with E-state index in [0.29, 0.717) is 30.7 Å². The van der Waals surface area contributed by atoms with Crippen molar-refractivity contribution in [3.63, 3.8) is 0 Å². The fourth-order valence-electron chi connectivity index (χ4n) is 4.86. The smallest absolute Gasteiger partial charge is 0.277 e. The molecule has 0 saturated heterocycles. The molecule has 1 aliphatic carbocycles. The van der Waals surface area contributed by atoms with Crippen molar-refractivity contribution in [3.05, 3.63) is 102 Å². The fraction of sp³-hybridized carbons (Fsp3) is 0.321. The van der Waals surface area contributed by atoms with Gasteiger partial charge in [0.05, 0.1) is 12.7 Å². The molecule has 4 rings (SSSR count). The molecule has 190 valence electrons. The van der Waals surface area contributed by atoms with Crippen LogP contribution in [0.5, 0.6) is 5.75 Å². The number of nitrogens with one attached hydrogen (secondary N) is 3. The van der Waals surface area contributed by atoms with Crippen molar-refractivity contribution >= 4 is 16.1 Å². The van der Waals surface area contributed by atoms with Crippen LogP contribution in [0.3, 0.4) is 0 Å². The summed E-state index contributed by atoms with van der Waals surface area (Å²) in [5, 5.41) is 3.11. The van der Waals surface area contributed by atoms with Gasteiger partial charge in [-0.3, -0.25) is 4.79 Å². The lowest BCUT2D eigenvalue weighted by atomic mass is 9.68. The minimum absolute atomic E-state index is 0.167. The van der Waals surface area contributed by atoms with Crippen LogP contribution in [0.25, 0.3) is 0 Å². The topological polar surface area (TPSA) is 96.5 Å². The van der Waals surface area contributed by atoms with E-state index >= 15 is 0 Å². The zero-order chi connectivity index (χ0) is 25.4. The van der Waals surface area contributed by atoms with Crippen molar-refractivity contribution < 1.29 is 17.9 Å². The molecular formula is C28H33N3O4S. The number of benzene rings is 3. The number of carbonyl (C=O) groups is 1. The highest BCUT2D eigenvalue weighted by Gasteiger charge is 2.38. The van der Waals surface area contributed by atoms with Gasteiger partial charge in [-0.05, 0) is 48.9 Å². The van der Waals surface area contributed by atoms with Gasteiger partial charge in [-0.15, -0.1) is 0 Å². The van der Waals surface area contributed by atoms with Gasteiger partial charge in [0, 0.05) is 24.5 Å². The highest BCUT2D eigenvalue weighted by Crippen LogP contribution is 2.39. The van der Waals surface area contributed by atoms with Crippen LogP contribution in [0.15, 0.2) is 84.9 Å². The Bertz CT molecular complexity index is 1240. The Morgan fingerprint density at radius 3 is 2.19 bits per heavy atom. The average molecular weight is 508 g/mol. The zero-order valence-electron chi connectivity index (χ0n) is 20.4. The molecular weight excluding hydrogens is 474 g/mol. The number of carbonyl (C=O) groups excluding carboxylic acids is 1. The summed E-state index contributed by atoms with van der Waals surface area (Å²) in [4.78, 5) is 13.0. The number of hydrogen-bond donors (Lipinski definition) is 3. The van der Waals surface area contributed by atoms with E-state index in [0.717, 1.165) is 24.0 Å². The number of rotatable bonds is 10. The SMILES string of the molecule is COc1ccccc1C(=O)NC[C@]1(c2ccccc2)CC[C@@H](NS(=O)(=O)NCc2ccccc2)CC1. The summed E-state index contributed by atoms with van der Waals surface area (Å²) in [7, 11) is -2.08. The highest BCUT2D eigenvalue weighted by molar-refractivity contribution is 7.87. The molecule has 3 aromatic rings. The van der Waals surface area contributed by atoms with Gasteiger partial charge in [0.1, 0.15) is 5.75 Å². The number of amides is 1. The third-order valence-corrected chi connectivity index (χ3v) is 8.07. The molecule has 0 radical (unpaired) electrons. The molecule has 0 unspecified atom stereocenters. The Morgan fingerprint density at radius 1 is 0.917 bits per heavy atom. The lowest BCUT2D eigenvalue weighted by Crippen LogP contribution is -2.49. The molecule has 1 amide bonds. The van der Waals surface area contributed by atoms with Crippen molar-refractivity contribution in [3.8, 4) is 5.75 Å². The lowest BCUT2D eigenvalue weighted by molar-refractivity contribution is 0.0932. The molecule has 0 spiro atoms. The van der Waals surface area contributed by atoms with E-state index < -0.39 is 10.2 Å². The molecule has 3 aromatic carbocycles. The maximum atomic E-state index is 13.0. The van der Waals surface area contributed by atoms with E-state index in [1.807, 2.05) is 60.7 Å². The fourth-order valence-corrected chi connectivity index (χ4v) is 5.97. The Kier molecular flexibility index (Phi) is 8.40. The van der Waals surface area contributed by atoms with E-state index in [2.05, 4.69) is 26.9 Å². The zero-order valence-corrected chi connectivity index (χ0v) is 21.3. The normalized spacial score (nSPS) is 20.0. The summed E-state index contributed by atoms with van der Waals surface area (Å²) in [6.45, 7) is 0.700. The Labute approximate surface area is 213 Å². The number of para-hydroxylation sites is 1. The van der Waals surface area contributed by atoms with E-state index in [9.17, 15) is 13.2 Å². The third kappa shape index (κ3) is 6.51. The molecule has 7 nitrogen and oxygen atoms in total. The minimum Gasteiger partial charge on any atom is -0.496 e. The summed E-state index contributed by atoms with van der Waals surface area (Å²) >= 11 is 0. The lowest BCUT2D eigenvalue weighted by Gasteiger charge is -2.41. The second-order valence-corrected chi connectivity index (χ2v) is 10.8. The van der Waals surface area contributed by atoms with Gasteiger partial charge in [-0.2, -0.15) is 17.9 Å². The molecule has 1 fully saturated rings. The van der Waals surface area contributed by atoms with Gasteiger partial charge >= 0.3 is 0 Å². The van der Waals surface area contributed by atoms with Gasteiger partial charge in [0.25, 0.3) is 16.1 Å². The molecule has 36 heavy (non-hydrogen) atoms. The Hall–Kier alpha value is -3.20. The summed E-state index contributed by atoms with van der Waals surface area (Å²) in [5.74, 6) is 0.348. The molecule has 1 saturated carbocycles. The molecule has 0 aromatic heterocycles. The maximum absolute atomic E-state index is 13.0. The highest BCUT2D eigenvalue weighted by atomic mass is 32.2.